The van der Waals surface area contributed by atoms with Crippen LogP contribution in [-0.4, -0.2) is 20.6 Å². The molecule has 0 bridgehead atoms. The van der Waals surface area contributed by atoms with Gasteiger partial charge in [-0.2, -0.15) is 13.2 Å². The van der Waals surface area contributed by atoms with E-state index in [1.54, 1.807) is 41.2 Å². The van der Waals surface area contributed by atoms with E-state index in [1.165, 1.54) is 13.0 Å². The first-order valence-corrected chi connectivity index (χ1v) is 11.9. The number of carbonyl (C=O) groups excluding carboxylic acids is 1. The minimum Gasteiger partial charge on any atom is -0.351 e. The van der Waals surface area contributed by atoms with Crippen molar-refractivity contribution in [3.8, 4) is 5.69 Å². The molecule has 6 nitrogen and oxygen atoms in total. The van der Waals surface area contributed by atoms with Gasteiger partial charge < -0.3 is 20.1 Å². The van der Waals surface area contributed by atoms with Gasteiger partial charge in [-0.25, -0.2) is 0 Å². The Morgan fingerprint density at radius 3 is 2.46 bits per heavy atom. The number of carbonyl (C=O) groups is 1. The third-order valence-electron chi connectivity index (χ3n) is 6.10. The second kappa shape index (κ2) is 9.70. The van der Waals surface area contributed by atoms with Crippen molar-refractivity contribution in [2.45, 2.75) is 25.2 Å². The maximum atomic E-state index is 13.5. The summed E-state index contributed by atoms with van der Waals surface area (Å²) in [5, 5.41) is 6.54. The Morgan fingerprint density at radius 2 is 1.78 bits per heavy atom. The van der Waals surface area contributed by atoms with E-state index >= 15 is 0 Å². The number of thiocarbonyl (C=S) groups is 1. The molecule has 188 valence electrons. The number of rotatable bonds is 5. The average molecular weight is 522 g/mol. The highest BCUT2D eigenvalue weighted by Gasteiger charge is 2.42. The van der Waals surface area contributed by atoms with Crippen LogP contribution in [0.2, 0.25) is 0 Å². The number of aromatic nitrogens is 2. The minimum atomic E-state index is -4.46. The van der Waals surface area contributed by atoms with Gasteiger partial charge in [-0.05, 0) is 78.9 Å². The first-order chi connectivity index (χ1) is 17.7. The molecule has 3 heterocycles. The molecule has 1 aliphatic heterocycles. The van der Waals surface area contributed by atoms with Gasteiger partial charge >= 0.3 is 6.18 Å². The molecular formula is C27H22F3N5OS. The molecule has 0 radical (unpaired) electrons. The zero-order chi connectivity index (χ0) is 26.2. The molecule has 2 aromatic carbocycles. The fraction of sp³-hybridized carbons (Fsp3) is 0.148. The van der Waals surface area contributed by atoms with Crippen LogP contribution >= 0.6 is 12.2 Å². The van der Waals surface area contributed by atoms with Crippen LogP contribution in [0.5, 0.6) is 0 Å². The SMILES string of the molecule is CC(=O)Nc1ccc(N2C(=S)N[C@@H](c3ccccn3)[C@H]2c2cccn2-c2cccc(C(F)(F)F)c2)cc1. The van der Waals surface area contributed by atoms with Crippen LogP contribution < -0.4 is 15.5 Å². The summed E-state index contributed by atoms with van der Waals surface area (Å²) in [5.41, 5.74) is 2.52. The molecule has 2 atom stereocenters. The van der Waals surface area contributed by atoms with Crippen LogP contribution in [-0.2, 0) is 11.0 Å². The summed E-state index contributed by atoms with van der Waals surface area (Å²) in [6.45, 7) is 1.43. The number of alkyl halides is 3. The monoisotopic (exact) mass is 521 g/mol. The van der Waals surface area contributed by atoms with Crippen molar-refractivity contribution in [3.05, 3.63) is 108 Å². The standard InChI is InChI=1S/C27H22F3N5OS/c1-17(36)32-19-10-12-20(13-11-19)35-25(24(33-26(35)37)22-8-2-3-14-31-22)23-9-5-15-34(23)21-7-4-6-18(16-21)27(28,29)30/h2-16,24-25H,1H3,(H,32,36)(H,33,37)/t24-,25+/m0/s1. The van der Waals surface area contributed by atoms with Gasteiger partial charge in [0, 0.05) is 42.1 Å². The summed E-state index contributed by atoms with van der Waals surface area (Å²) < 4.78 is 42.1. The van der Waals surface area contributed by atoms with Crippen LogP contribution in [0.1, 0.15) is 36.0 Å². The number of benzene rings is 2. The predicted molar refractivity (Wildman–Crippen MR) is 139 cm³/mol. The van der Waals surface area contributed by atoms with Gasteiger partial charge in [-0.1, -0.05) is 12.1 Å². The molecule has 2 aromatic heterocycles. The predicted octanol–water partition coefficient (Wildman–Crippen LogP) is 6.03. The van der Waals surface area contributed by atoms with Crippen LogP contribution in [0, 0.1) is 0 Å². The molecule has 37 heavy (non-hydrogen) atoms. The zero-order valence-electron chi connectivity index (χ0n) is 19.6. The van der Waals surface area contributed by atoms with Crippen molar-refractivity contribution in [1.82, 2.24) is 14.9 Å². The molecule has 0 aliphatic carbocycles. The topological polar surface area (TPSA) is 62.2 Å². The number of nitrogens with one attached hydrogen (secondary N) is 2. The average Bonchev–Trinajstić information content (AvgIpc) is 3.49. The van der Waals surface area contributed by atoms with Gasteiger partial charge in [-0.3, -0.25) is 9.78 Å². The van der Waals surface area contributed by atoms with Gasteiger partial charge in [0.25, 0.3) is 0 Å². The normalized spacial score (nSPS) is 17.5. The van der Waals surface area contributed by atoms with Crippen LogP contribution in [0.3, 0.4) is 0 Å². The summed E-state index contributed by atoms with van der Waals surface area (Å²) >= 11 is 5.74. The Morgan fingerprint density at radius 1 is 1.00 bits per heavy atom. The summed E-state index contributed by atoms with van der Waals surface area (Å²) in [4.78, 5) is 17.9. The molecule has 4 aromatic rings. The number of amides is 1. The lowest BCUT2D eigenvalue weighted by Gasteiger charge is -2.29. The second-order valence-corrected chi connectivity index (χ2v) is 8.96. The number of pyridine rings is 1. The van der Waals surface area contributed by atoms with E-state index in [9.17, 15) is 18.0 Å². The van der Waals surface area contributed by atoms with Gasteiger partial charge in [0.2, 0.25) is 5.91 Å². The van der Waals surface area contributed by atoms with Gasteiger partial charge in [-0.15, -0.1) is 0 Å². The maximum Gasteiger partial charge on any atom is 0.416 e. The summed E-state index contributed by atoms with van der Waals surface area (Å²) in [6.07, 6.45) is -1.04. The van der Waals surface area contributed by atoms with Crippen molar-refractivity contribution >= 4 is 34.6 Å². The molecule has 0 unspecified atom stereocenters. The largest absolute Gasteiger partial charge is 0.416 e. The third kappa shape index (κ3) is 4.92. The molecule has 10 heteroatoms. The van der Waals surface area contributed by atoms with Crippen molar-refractivity contribution in [2.75, 3.05) is 10.2 Å². The van der Waals surface area contributed by atoms with Crippen LogP contribution in [0.4, 0.5) is 24.5 Å². The first-order valence-electron chi connectivity index (χ1n) is 11.5. The molecule has 0 spiro atoms. The summed E-state index contributed by atoms with van der Waals surface area (Å²) in [5.74, 6) is -0.182. The molecule has 0 saturated carbocycles. The van der Waals surface area contributed by atoms with Crippen molar-refractivity contribution in [3.63, 3.8) is 0 Å². The number of hydrogen-bond donors (Lipinski definition) is 2. The lowest BCUT2D eigenvalue weighted by atomic mass is 10.0. The van der Waals surface area contributed by atoms with E-state index in [4.69, 9.17) is 12.2 Å². The smallest absolute Gasteiger partial charge is 0.351 e. The Hall–Kier alpha value is -4.18. The van der Waals surface area contributed by atoms with Gasteiger partial charge in [0.15, 0.2) is 5.11 Å². The zero-order valence-corrected chi connectivity index (χ0v) is 20.4. The van der Waals surface area contributed by atoms with Crippen molar-refractivity contribution in [1.29, 1.82) is 0 Å². The highest BCUT2D eigenvalue weighted by Crippen LogP contribution is 2.42. The number of anilines is 2. The summed E-state index contributed by atoms with van der Waals surface area (Å²) in [7, 11) is 0. The lowest BCUT2D eigenvalue weighted by molar-refractivity contribution is -0.137. The summed E-state index contributed by atoms with van der Waals surface area (Å²) in [6, 6.07) is 20.9. The minimum absolute atomic E-state index is 0.182. The Bertz CT molecular complexity index is 1440. The third-order valence-corrected chi connectivity index (χ3v) is 6.41. The Balaban J connectivity index is 1.62. The molecule has 1 fully saturated rings. The van der Waals surface area contributed by atoms with Gasteiger partial charge in [0.1, 0.15) is 6.04 Å². The van der Waals surface area contributed by atoms with E-state index in [-0.39, 0.29) is 11.9 Å². The van der Waals surface area contributed by atoms with E-state index in [2.05, 4.69) is 15.6 Å². The molecule has 1 aliphatic rings. The Kier molecular flexibility index (Phi) is 6.43. The quantitative estimate of drug-likeness (QED) is 0.314. The fourth-order valence-corrected chi connectivity index (χ4v) is 4.89. The molecule has 2 N–H and O–H groups in total. The second-order valence-electron chi connectivity index (χ2n) is 8.58. The molecule has 1 saturated heterocycles. The lowest BCUT2D eigenvalue weighted by Crippen LogP contribution is -2.30. The van der Waals surface area contributed by atoms with E-state index in [0.717, 1.165) is 29.2 Å². The fourth-order valence-electron chi connectivity index (χ4n) is 4.54. The first kappa shape index (κ1) is 24.5. The van der Waals surface area contributed by atoms with Crippen LogP contribution in [0.15, 0.2) is 91.3 Å². The Labute approximate surface area is 216 Å². The van der Waals surface area contributed by atoms with Crippen LogP contribution in [0.25, 0.3) is 5.69 Å². The highest BCUT2D eigenvalue weighted by molar-refractivity contribution is 7.80. The molecule has 5 rings (SSSR count). The maximum absolute atomic E-state index is 13.5. The van der Waals surface area contributed by atoms with E-state index in [0.29, 0.717) is 16.5 Å². The van der Waals surface area contributed by atoms with E-state index < -0.39 is 17.8 Å². The van der Waals surface area contributed by atoms with E-state index in [1.807, 2.05) is 41.3 Å². The highest BCUT2D eigenvalue weighted by atomic mass is 32.1. The van der Waals surface area contributed by atoms with Crippen molar-refractivity contribution in [2.24, 2.45) is 0 Å². The number of halogens is 3. The van der Waals surface area contributed by atoms with Crippen molar-refractivity contribution < 1.29 is 18.0 Å². The van der Waals surface area contributed by atoms with Gasteiger partial charge in [0.05, 0.1) is 17.3 Å². The molecule has 1 amide bonds. The number of hydrogen-bond acceptors (Lipinski definition) is 3. The number of nitrogens with zero attached hydrogens (tertiary/aromatic N) is 3. The molecular weight excluding hydrogens is 499 g/mol.